The van der Waals surface area contributed by atoms with Gasteiger partial charge in [-0.05, 0) is 50.3 Å². The van der Waals surface area contributed by atoms with Gasteiger partial charge in [0, 0.05) is 5.69 Å². The lowest BCUT2D eigenvalue weighted by atomic mass is 9.97. The van der Waals surface area contributed by atoms with E-state index in [0.29, 0.717) is 11.3 Å². The lowest BCUT2D eigenvalue weighted by Crippen LogP contribution is -2.21. The van der Waals surface area contributed by atoms with Crippen molar-refractivity contribution in [3.05, 3.63) is 29.3 Å². The average Bonchev–Trinajstić information content (AvgIpc) is 2.34. The lowest BCUT2D eigenvalue weighted by molar-refractivity contribution is 0.0210. The SMILES string of the molecule is Cc1c(N)cccc1C(=O)OC1CCCCC1. The van der Waals surface area contributed by atoms with E-state index in [0.717, 1.165) is 31.2 Å². The van der Waals surface area contributed by atoms with Crippen LogP contribution in [0.1, 0.15) is 48.0 Å². The Bertz CT molecular complexity index is 409. The second-order valence-corrected chi connectivity index (χ2v) is 4.69. The van der Waals surface area contributed by atoms with Crippen LogP contribution < -0.4 is 5.73 Å². The lowest BCUT2D eigenvalue weighted by Gasteiger charge is -2.22. The number of benzene rings is 1. The van der Waals surface area contributed by atoms with Gasteiger partial charge in [0.25, 0.3) is 0 Å². The van der Waals surface area contributed by atoms with Crippen LogP contribution in [0.25, 0.3) is 0 Å². The Labute approximate surface area is 102 Å². The van der Waals surface area contributed by atoms with Crippen LogP contribution >= 0.6 is 0 Å². The Morgan fingerprint density at radius 1 is 1.29 bits per heavy atom. The van der Waals surface area contributed by atoms with Gasteiger partial charge < -0.3 is 10.5 Å². The molecule has 3 nitrogen and oxygen atoms in total. The zero-order chi connectivity index (χ0) is 12.3. The van der Waals surface area contributed by atoms with E-state index < -0.39 is 0 Å². The first-order valence-electron chi connectivity index (χ1n) is 6.24. The summed E-state index contributed by atoms with van der Waals surface area (Å²) in [5.41, 5.74) is 7.83. The molecular formula is C14H19NO2. The minimum Gasteiger partial charge on any atom is -0.459 e. The van der Waals surface area contributed by atoms with Gasteiger partial charge in [0.2, 0.25) is 0 Å². The number of carbonyl (C=O) groups excluding carboxylic acids is 1. The Morgan fingerprint density at radius 3 is 2.71 bits per heavy atom. The number of esters is 1. The van der Waals surface area contributed by atoms with Crippen molar-refractivity contribution in [3.63, 3.8) is 0 Å². The molecule has 0 aliphatic heterocycles. The van der Waals surface area contributed by atoms with Crippen LogP contribution in [0, 0.1) is 6.92 Å². The number of nitrogen functional groups attached to an aromatic ring is 1. The third-order valence-electron chi connectivity index (χ3n) is 3.42. The molecule has 1 fully saturated rings. The van der Waals surface area contributed by atoms with Gasteiger partial charge in [-0.15, -0.1) is 0 Å². The molecule has 1 aliphatic carbocycles. The molecule has 0 heterocycles. The molecule has 0 unspecified atom stereocenters. The number of ether oxygens (including phenoxy) is 1. The number of nitrogens with two attached hydrogens (primary N) is 1. The molecule has 1 aromatic rings. The molecular weight excluding hydrogens is 214 g/mol. The summed E-state index contributed by atoms with van der Waals surface area (Å²) in [7, 11) is 0. The predicted octanol–water partition coefficient (Wildman–Crippen LogP) is 3.07. The summed E-state index contributed by atoms with van der Waals surface area (Å²) in [6, 6.07) is 5.36. The Hall–Kier alpha value is -1.51. The first kappa shape index (κ1) is 12.0. The minimum atomic E-state index is -0.235. The summed E-state index contributed by atoms with van der Waals surface area (Å²) < 4.78 is 5.52. The topological polar surface area (TPSA) is 52.3 Å². The normalized spacial score (nSPS) is 16.8. The molecule has 3 heteroatoms. The van der Waals surface area contributed by atoms with Crippen molar-refractivity contribution in [1.29, 1.82) is 0 Å². The van der Waals surface area contributed by atoms with E-state index in [4.69, 9.17) is 10.5 Å². The van der Waals surface area contributed by atoms with E-state index in [1.54, 1.807) is 18.2 Å². The van der Waals surface area contributed by atoms with E-state index >= 15 is 0 Å². The Morgan fingerprint density at radius 2 is 2.00 bits per heavy atom. The fourth-order valence-electron chi connectivity index (χ4n) is 2.27. The molecule has 1 aromatic carbocycles. The Kier molecular flexibility index (Phi) is 3.67. The van der Waals surface area contributed by atoms with Gasteiger partial charge in [-0.3, -0.25) is 0 Å². The van der Waals surface area contributed by atoms with Crippen molar-refractivity contribution in [1.82, 2.24) is 0 Å². The van der Waals surface area contributed by atoms with Crippen LogP contribution in [-0.4, -0.2) is 12.1 Å². The molecule has 2 rings (SSSR count). The molecule has 0 atom stereocenters. The summed E-state index contributed by atoms with van der Waals surface area (Å²) in [6.07, 6.45) is 5.66. The standard InChI is InChI=1S/C14H19NO2/c1-10-12(8-5-9-13(10)15)14(16)17-11-6-3-2-4-7-11/h5,8-9,11H,2-4,6-7,15H2,1H3. The van der Waals surface area contributed by atoms with Crippen molar-refractivity contribution in [2.75, 3.05) is 5.73 Å². The fourth-order valence-corrected chi connectivity index (χ4v) is 2.27. The van der Waals surface area contributed by atoms with Gasteiger partial charge in [-0.1, -0.05) is 12.5 Å². The number of rotatable bonds is 2. The molecule has 0 spiro atoms. The van der Waals surface area contributed by atoms with E-state index in [-0.39, 0.29) is 12.1 Å². The fraction of sp³-hybridized carbons (Fsp3) is 0.500. The molecule has 1 saturated carbocycles. The maximum atomic E-state index is 12.0. The van der Waals surface area contributed by atoms with Gasteiger partial charge in [0.1, 0.15) is 6.10 Å². The van der Waals surface area contributed by atoms with Crippen LogP contribution in [0.2, 0.25) is 0 Å². The Balaban J connectivity index is 2.06. The van der Waals surface area contributed by atoms with Crippen LogP contribution in [0.3, 0.4) is 0 Å². The number of carbonyl (C=O) groups is 1. The van der Waals surface area contributed by atoms with E-state index in [9.17, 15) is 4.79 Å². The maximum absolute atomic E-state index is 12.0. The number of hydrogen-bond donors (Lipinski definition) is 1. The molecule has 0 amide bonds. The number of hydrogen-bond acceptors (Lipinski definition) is 3. The van der Waals surface area contributed by atoms with Gasteiger partial charge in [0.15, 0.2) is 0 Å². The minimum absolute atomic E-state index is 0.0945. The highest BCUT2D eigenvalue weighted by atomic mass is 16.5. The van der Waals surface area contributed by atoms with Crippen molar-refractivity contribution >= 4 is 11.7 Å². The average molecular weight is 233 g/mol. The molecule has 17 heavy (non-hydrogen) atoms. The van der Waals surface area contributed by atoms with E-state index in [1.807, 2.05) is 6.92 Å². The van der Waals surface area contributed by atoms with Gasteiger partial charge in [-0.25, -0.2) is 4.79 Å². The van der Waals surface area contributed by atoms with E-state index in [2.05, 4.69) is 0 Å². The monoisotopic (exact) mass is 233 g/mol. The molecule has 1 aliphatic rings. The molecule has 0 saturated heterocycles. The highest BCUT2D eigenvalue weighted by molar-refractivity contribution is 5.92. The third kappa shape index (κ3) is 2.78. The molecule has 0 aromatic heterocycles. The van der Waals surface area contributed by atoms with Gasteiger partial charge in [0.05, 0.1) is 5.56 Å². The van der Waals surface area contributed by atoms with Crippen LogP contribution in [0.15, 0.2) is 18.2 Å². The molecule has 92 valence electrons. The first-order chi connectivity index (χ1) is 8.18. The molecule has 0 bridgehead atoms. The second kappa shape index (κ2) is 5.21. The summed E-state index contributed by atoms with van der Waals surface area (Å²) in [6.45, 7) is 1.85. The summed E-state index contributed by atoms with van der Waals surface area (Å²) >= 11 is 0. The zero-order valence-electron chi connectivity index (χ0n) is 10.2. The highest BCUT2D eigenvalue weighted by Gasteiger charge is 2.20. The summed E-state index contributed by atoms with van der Waals surface area (Å²) in [5, 5.41) is 0. The highest BCUT2D eigenvalue weighted by Crippen LogP contribution is 2.23. The third-order valence-corrected chi connectivity index (χ3v) is 3.42. The van der Waals surface area contributed by atoms with Crippen molar-refractivity contribution in [3.8, 4) is 0 Å². The maximum Gasteiger partial charge on any atom is 0.338 e. The van der Waals surface area contributed by atoms with Crippen molar-refractivity contribution in [2.45, 2.75) is 45.1 Å². The smallest absolute Gasteiger partial charge is 0.338 e. The van der Waals surface area contributed by atoms with Crippen LogP contribution in [-0.2, 0) is 4.74 Å². The van der Waals surface area contributed by atoms with Gasteiger partial charge in [-0.2, -0.15) is 0 Å². The van der Waals surface area contributed by atoms with E-state index in [1.165, 1.54) is 6.42 Å². The van der Waals surface area contributed by atoms with Crippen molar-refractivity contribution < 1.29 is 9.53 Å². The van der Waals surface area contributed by atoms with Crippen LogP contribution in [0.4, 0.5) is 5.69 Å². The van der Waals surface area contributed by atoms with Crippen LogP contribution in [0.5, 0.6) is 0 Å². The molecule has 0 radical (unpaired) electrons. The number of anilines is 1. The largest absolute Gasteiger partial charge is 0.459 e. The predicted molar refractivity (Wildman–Crippen MR) is 67.9 cm³/mol. The van der Waals surface area contributed by atoms with Crippen molar-refractivity contribution in [2.24, 2.45) is 0 Å². The summed E-state index contributed by atoms with van der Waals surface area (Å²) in [5.74, 6) is -0.235. The zero-order valence-corrected chi connectivity index (χ0v) is 10.2. The van der Waals surface area contributed by atoms with Gasteiger partial charge >= 0.3 is 5.97 Å². The quantitative estimate of drug-likeness (QED) is 0.631. The first-order valence-corrected chi connectivity index (χ1v) is 6.24. The second-order valence-electron chi connectivity index (χ2n) is 4.69. The molecule has 2 N–H and O–H groups in total. The summed E-state index contributed by atoms with van der Waals surface area (Å²) in [4.78, 5) is 12.0.